The third kappa shape index (κ3) is 4.19. The van der Waals surface area contributed by atoms with Crippen LogP contribution >= 0.6 is 0 Å². The molecule has 3 aromatic rings. The number of hydrogen-bond acceptors (Lipinski definition) is 5. The second-order valence-electron chi connectivity index (χ2n) is 9.41. The summed E-state index contributed by atoms with van der Waals surface area (Å²) in [7, 11) is 0. The van der Waals surface area contributed by atoms with E-state index in [0.29, 0.717) is 48.9 Å². The molecule has 2 fully saturated rings. The number of rotatable bonds is 5. The average Bonchev–Trinajstić information content (AvgIpc) is 3.47. The molecule has 1 amide bonds. The predicted molar refractivity (Wildman–Crippen MR) is 121 cm³/mol. The molecule has 0 spiro atoms. The van der Waals surface area contributed by atoms with E-state index < -0.39 is 29.9 Å². The Kier molecular flexibility index (Phi) is 6.09. The fourth-order valence-electron chi connectivity index (χ4n) is 5.62. The highest BCUT2D eigenvalue weighted by atomic mass is 19.1. The van der Waals surface area contributed by atoms with Gasteiger partial charge in [-0.25, -0.2) is 13.3 Å². The second-order valence-corrected chi connectivity index (χ2v) is 9.41. The van der Waals surface area contributed by atoms with Gasteiger partial charge < -0.3 is 15.5 Å². The van der Waals surface area contributed by atoms with Gasteiger partial charge in [0, 0.05) is 30.4 Å². The van der Waals surface area contributed by atoms with Crippen molar-refractivity contribution in [3.05, 3.63) is 71.6 Å². The highest BCUT2D eigenvalue weighted by molar-refractivity contribution is 6.00. The van der Waals surface area contributed by atoms with E-state index in [1.807, 2.05) is 23.1 Å². The molecule has 0 unspecified atom stereocenters. The number of hydrogen-bond donors (Lipinski definition) is 3. The van der Waals surface area contributed by atoms with Gasteiger partial charge >= 0.3 is 0 Å². The summed E-state index contributed by atoms with van der Waals surface area (Å²) in [4.78, 5) is 15.1. The summed E-state index contributed by atoms with van der Waals surface area (Å²) in [5.41, 5.74) is 0.328. The molecule has 34 heavy (non-hydrogen) atoms. The molecule has 0 bridgehead atoms. The van der Waals surface area contributed by atoms with Crippen molar-refractivity contribution in [1.29, 1.82) is 0 Å². The highest BCUT2D eigenvalue weighted by Crippen LogP contribution is 2.41. The standard InChI is InChI=1S/C25H28F2N4O3/c26-17-10-16(11-18(27)12-17)21-5-3-8-30(21)23-13-19(6-7-25(23,34)15-32)29-24(33)20-14-28-31-9-2-1-4-22(20)31/h1-2,4,9-12,14,19,21,23,32,34H,3,5-8,13,15H2,(H,29,33)/t19-,21-,23-,25+/m1/s1. The molecule has 1 saturated heterocycles. The van der Waals surface area contributed by atoms with Crippen LogP contribution in [0.3, 0.4) is 0 Å². The first-order valence-corrected chi connectivity index (χ1v) is 11.7. The number of carbonyl (C=O) groups excluding carboxylic acids is 1. The monoisotopic (exact) mass is 470 g/mol. The number of aromatic nitrogens is 2. The van der Waals surface area contributed by atoms with Crippen LogP contribution in [-0.2, 0) is 0 Å². The molecule has 3 heterocycles. The van der Waals surface area contributed by atoms with E-state index in [2.05, 4.69) is 10.4 Å². The third-order valence-electron chi connectivity index (χ3n) is 7.30. The van der Waals surface area contributed by atoms with Gasteiger partial charge in [-0.05, 0) is 68.5 Å². The van der Waals surface area contributed by atoms with Crippen LogP contribution in [0.2, 0.25) is 0 Å². The Morgan fingerprint density at radius 3 is 2.76 bits per heavy atom. The van der Waals surface area contributed by atoms with E-state index in [-0.39, 0.29) is 18.0 Å². The second kappa shape index (κ2) is 9.05. The fourth-order valence-corrected chi connectivity index (χ4v) is 5.62. The Morgan fingerprint density at radius 1 is 1.21 bits per heavy atom. The number of aliphatic hydroxyl groups excluding tert-OH is 1. The van der Waals surface area contributed by atoms with E-state index in [9.17, 15) is 23.8 Å². The van der Waals surface area contributed by atoms with Gasteiger partial charge in [0.05, 0.1) is 23.9 Å². The Morgan fingerprint density at radius 2 is 2.00 bits per heavy atom. The average molecular weight is 471 g/mol. The van der Waals surface area contributed by atoms with Crippen LogP contribution in [0, 0.1) is 11.6 Å². The van der Waals surface area contributed by atoms with Crippen molar-refractivity contribution in [2.45, 2.75) is 55.8 Å². The Balaban J connectivity index is 1.37. The van der Waals surface area contributed by atoms with Crippen molar-refractivity contribution in [2.75, 3.05) is 13.2 Å². The number of fused-ring (bicyclic) bond motifs is 1. The summed E-state index contributed by atoms with van der Waals surface area (Å²) in [6.07, 6.45) is 6.02. The van der Waals surface area contributed by atoms with Crippen molar-refractivity contribution in [3.63, 3.8) is 0 Å². The number of halogens is 2. The van der Waals surface area contributed by atoms with Gasteiger partial charge in [0.15, 0.2) is 0 Å². The van der Waals surface area contributed by atoms with E-state index >= 15 is 0 Å². The summed E-state index contributed by atoms with van der Waals surface area (Å²) in [5, 5.41) is 28.6. The Labute approximate surface area is 196 Å². The quantitative estimate of drug-likeness (QED) is 0.534. The number of carbonyl (C=O) groups is 1. The number of benzene rings is 1. The van der Waals surface area contributed by atoms with Crippen molar-refractivity contribution >= 4 is 11.4 Å². The molecule has 5 rings (SSSR count). The zero-order valence-corrected chi connectivity index (χ0v) is 18.7. The summed E-state index contributed by atoms with van der Waals surface area (Å²) in [5.74, 6) is -1.52. The van der Waals surface area contributed by atoms with Crippen LogP contribution in [0.15, 0.2) is 48.8 Å². The maximum atomic E-state index is 13.9. The van der Waals surface area contributed by atoms with Gasteiger partial charge in [-0.2, -0.15) is 5.10 Å². The van der Waals surface area contributed by atoms with Crippen LogP contribution in [0.5, 0.6) is 0 Å². The minimum atomic E-state index is -1.36. The van der Waals surface area contributed by atoms with Crippen LogP contribution in [0.25, 0.3) is 5.52 Å². The first-order valence-electron chi connectivity index (χ1n) is 11.7. The molecule has 1 aliphatic carbocycles. The number of nitrogens with one attached hydrogen (secondary N) is 1. The van der Waals surface area contributed by atoms with Crippen molar-refractivity contribution in [2.24, 2.45) is 0 Å². The molecule has 3 N–H and O–H groups in total. The van der Waals surface area contributed by atoms with Gasteiger partial charge in [-0.15, -0.1) is 0 Å². The first-order chi connectivity index (χ1) is 16.4. The first kappa shape index (κ1) is 22.9. The molecule has 1 saturated carbocycles. The smallest absolute Gasteiger partial charge is 0.255 e. The molecular formula is C25H28F2N4O3. The van der Waals surface area contributed by atoms with Crippen LogP contribution < -0.4 is 5.32 Å². The topological polar surface area (TPSA) is 90.1 Å². The zero-order chi connectivity index (χ0) is 23.9. The molecule has 7 nitrogen and oxygen atoms in total. The Bertz CT molecular complexity index is 1180. The van der Waals surface area contributed by atoms with Gasteiger partial charge in [0.2, 0.25) is 0 Å². The lowest BCUT2D eigenvalue weighted by Crippen LogP contribution is -2.60. The van der Waals surface area contributed by atoms with Crippen molar-refractivity contribution in [3.8, 4) is 0 Å². The van der Waals surface area contributed by atoms with Crippen LogP contribution in [0.4, 0.5) is 8.78 Å². The van der Waals surface area contributed by atoms with E-state index in [4.69, 9.17) is 0 Å². The molecule has 1 aromatic carbocycles. The lowest BCUT2D eigenvalue weighted by atomic mass is 9.77. The largest absolute Gasteiger partial charge is 0.393 e. The van der Waals surface area contributed by atoms with Crippen LogP contribution in [-0.4, -0.2) is 61.5 Å². The summed E-state index contributed by atoms with van der Waals surface area (Å²) in [6, 6.07) is 8.03. The molecule has 180 valence electrons. The SMILES string of the molecule is O=C(N[C@@H]1CC[C@](O)(CO)[C@H](N2CCC[C@@H]2c2cc(F)cc(F)c2)C1)c1cnn2ccccc12. The summed E-state index contributed by atoms with van der Waals surface area (Å²) in [6.45, 7) is 0.206. The molecule has 1 aliphatic heterocycles. The lowest BCUT2D eigenvalue weighted by Gasteiger charge is -2.48. The van der Waals surface area contributed by atoms with Gasteiger partial charge in [0.1, 0.15) is 17.2 Å². The van der Waals surface area contributed by atoms with Crippen LogP contribution in [0.1, 0.15) is 54.1 Å². The molecule has 2 aliphatic rings. The number of amides is 1. The fraction of sp³-hybridized carbons (Fsp3) is 0.440. The minimum Gasteiger partial charge on any atom is -0.393 e. The van der Waals surface area contributed by atoms with Crippen molar-refractivity contribution < 1.29 is 23.8 Å². The lowest BCUT2D eigenvalue weighted by molar-refractivity contribution is -0.112. The van der Waals surface area contributed by atoms with Gasteiger partial charge in [-0.1, -0.05) is 6.07 Å². The highest BCUT2D eigenvalue weighted by Gasteiger charge is 2.48. The number of pyridine rings is 1. The van der Waals surface area contributed by atoms with E-state index in [1.54, 1.807) is 10.7 Å². The third-order valence-corrected chi connectivity index (χ3v) is 7.30. The molecule has 2 aromatic heterocycles. The number of aliphatic hydroxyl groups is 2. The molecule has 0 radical (unpaired) electrons. The van der Waals surface area contributed by atoms with Gasteiger partial charge in [-0.3, -0.25) is 9.69 Å². The number of likely N-dealkylation sites (tertiary alicyclic amines) is 1. The van der Waals surface area contributed by atoms with Crippen molar-refractivity contribution in [1.82, 2.24) is 19.8 Å². The normalized spacial score (nSPS) is 27.8. The molecule has 9 heteroatoms. The minimum absolute atomic E-state index is 0.228. The zero-order valence-electron chi connectivity index (χ0n) is 18.7. The van der Waals surface area contributed by atoms with Gasteiger partial charge in [0.25, 0.3) is 5.91 Å². The molecule has 4 atom stereocenters. The van der Waals surface area contributed by atoms with E-state index in [0.717, 1.165) is 12.5 Å². The summed E-state index contributed by atoms with van der Waals surface area (Å²) < 4.78 is 29.5. The Hall–Kier alpha value is -2.88. The maximum absolute atomic E-state index is 13.9. The van der Waals surface area contributed by atoms with E-state index in [1.165, 1.54) is 18.3 Å². The molecular weight excluding hydrogens is 442 g/mol. The summed E-state index contributed by atoms with van der Waals surface area (Å²) >= 11 is 0. The predicted octanol–water partition coefficient (Wildman–Crippen LogP) is 2.82. The number of nitrogens with zero attached hydrogens (tertiary/aromatic N) is 3. The maximum Gasteiger partial charge on any atom is 0.255 e.